The van der Waals surface area contributed by atoms with E-state index in [9.17, 15) is 4.79 Å². The third-order valence-electron chi connectivity index (χ3n) is 2.97. The van der Waals surface area contributed by atoms with Crippen LogP contribution in [0.1, 0.15) is 61.5 Å². The molecule has 4 nitrogen and oxygen atoms in total. The highest BCUT2D eigenvalue weighted by atomic mass is 32.1. The smallest absolute Gasteiger partial charge is 0.341 e. The number of carbonyl (C=O) groups excluding carboxylic acids is 1. The first-order valence-corrected chi connectivity index (χ1v) is 7.30. The quantitative estimate of drug-likeness (QED) is 0.803. The Bertz CT molecular complexity index is 502. The molecular weight excluding hydrogens is 262 g/mol. The Morgan fingerprint density at radius 1 is 1.42 bits per heavy atom. The maximum absolute atomic E-state index is 12.3. The number of nitrogens with two attached hydrogens (primary N) is 1. The predicted molar refractivity (Wildman–Crippen MR) is 76.6 cm³/mol. The molecule has 1 aliphatic heterocycles. The van der Waals surface area contributed by atoms with Gasteiger partial charge < -0.3 is 15.2 Å². The van der Waals surface area contributed by atoms with Gasteiger partial charge in [-0.1, -0.05) is 0 Å². The molecule has 2 atom stereocenters. The second-order valence-electron chi connectivity index (χ2n) is 5.98. The van der Waals surface area contributed by atoms with Gasteiger partial charge in [0.25, 0.3) is 0 Å². The first-order chi connectivity index (χ1) is 8.69. The summed E-state index contributed by atoms with van der Waals surface area (Å²) in [5.41, 5.74) is 7.04. The number of fused-ring (bicyclic) bond motifs is 1. The molecule has 2 rings (SSSR count). The number of hydrogen-bond acceptors (Lipinski definition) is 5. The first-order valence-electron chi connectivity index (χ1n) is 6.49. The van der Waals surface area contributed by atoms with Crippen LogP contribution in [0.3, 0.4) is 0 Å². The minimum atomic E-state index is -0.513. The number of ether oxygens (including phenoxy) is 2. The van der Waals surface area contributed by atoms with E-state index < -0.39 is 5.60 Å². The number of rotatable bonds is 1. The van der Waals surface area contributed by atoms with Gasteiger partial charge in [-0.25, -0.2) is 4.79 Å². The van der Waals surface area contributed by atoms with Crippen molar-refractivity contribution >= 4 is 22.3 Å². The average Bonchev–Trinajstić information content (AvgIpc) is 2.52. The Morgan fingerprint density at radius 3 is 2.63 bits per heavy atom. The number of carbonyl (C=O) groups is 1. The molecule has 0 unspecified atom stereocenters. The van der Waals surface area contributed by atoms with Crippen molar-refractivity contribution in [2.24, 2.45) is 0 Å². The van der Waals surface area contributed by atoms with E-state index in [-0.39, 0.29) is 18.2 Å². The van der Waals surface area contributed by atoms with Gasteiger partial charge in [-0.15, -0.1) is 11.3 Å². The van der Waals surface area contributed by atoms with Gasteiger partial charge in [-0.2, -0.15) is 0 Å². The fraction of sp³-hybridized carbons (Fsp3) is 0.643. The van der Waals surface area contributed by atoms with Crippen molar-refractivity contribution in [3.63, 3.8) is 0 Å². The van der Waals surface area contributed by atoms with Gasteiger partial charge >= 0.3 is 5.97 Å². The summed E-state index contributed by atoms with van der Waals surface area (Å²) in [6, 6.07) is 0. The van der Waals surface area contributed by atoms with E-state index in [0.29, 0.717) is 17.0 Å². The van der Waals surface area contributed by atoms with Crippen molar-refractivity contribution in [3.05, 3.63) is 16.0 Å². The van der Waals surface area contributed by atoms with Gasteiger partial charge in [0.15, 0.2) is 0 Å². The zero-order valence-electron chi connectivity index (χ0n) is 12.1. The summed E-state index contributed by atoms with van der Waals surface area (Å²) in [5.74, 6) is -0.330. The number of anilines is 1. The van der Waals surface area contributed by atoms with Crippen molar-refractivity contribution in [2.75, 3.05) is 5.73 Å². The average molecular weight is 283 g/mol. The summed E-state index contributed by atoms with van der Waals surface area (Å²) in [6.07, 6.45) is 0.794. The Hall–Kier alpha value is -1.07. The van der Waals surface area contributed by atoms with Crippen LogP contribution in [-0.2, 0) is 15.9 Å². The summed E-state index contributed by atoms with van der Waals surface area (Å²) in [6.45, 7) is 9.56. The molecule has 106 valence electrons. The largest absolute Gasteiger partial charge is 0.456 e. The van der Waals surface area contributed by atoms with Crippen LogP contribution in [0.4, 0.5) is 5.00 Å². The van der Waals surface area contributed by atoms with Gasteiger partial charge in [0.2, 0.25) is 0 Å². The number of thiophene rings is 1. The molecule has 2 heterocycles. The molecule has 0 fully saturated rings. The van der Waals surface area contributed by atoms with Crippen LogP contribution in [0.25, 0.3) is 0 Å². The highest BCUT2D eigenvalue weighted by Crippen LogP contribution is 2.41. The molecule has 0 saturated heterocycles. The normalized spacial score (nSPS) is 23.0. The van der Waals surface area contributed by atoms with Crippen molar-refractivity contribution in [2.45, 2.75) is 58.8 Å². The van der Waals surface area contributed by atoms with Gasteiger partial charge in [0.05, 0.1) is 17.8 Å². The lowest BCUT2D eigenvalue weighted by Crippen LogP contribution is -2.26. The maximum atomic E-state index is 12.3. The van der Waals surface area contributed by atoms with Crippen LogP contribution in [-0.4, -0.2) is 17.7 Å². The standard InChI is InChI=1S/C14H21NO3S/c1-7-6-9-10(13(16)18-14(3,4)5)12(15)19-11(9)8(2)17-7/h7-8H,6,15H2,1-5H3/t7-,8+/m0/s1. The van der Waals surface area contributed by atoms with E-state index in [1.807, 2.05) is 34.6 Å². The third kappa shape index (κ3) is 2.92. The summed E-state index contributed by atoms with van der Waals surface area (Å²) in [4.78, 5) is 13.3. The second kappa shape index (κ2) is 4.80. The van der Waals surface area contributed by atoms with Crippen molar-refractivity contribution < 1.29 is 14.3 Å². The highest BCUT2D eigenvalue weighted by Gasteiger charge is 2.32. The monoisotopic (exact) mass is 283 g/mol. The zero-order chi connectivity index (χ0) is 14.4. The van der Waals surface area contributed by atoms with E-state index in [2.05, 4.69) is 0 Å². The van der Waals surface area contributed by atoms with Crippen LogP contribution < -0.4 is 5.73 Å². The molecule has 19 heavy (non-hydrogen) atoms. The van der Waals surface area contributed by atoms with Gasteiger partial charge in [-0.3, -0.25) is 0 Å². The van der Waals surface area contributed by atoms with Crippen molar-refractivity contribution in [1.82, 2.24) is 0 Å². The van der Waals surface area contributed by atoms with Gasteiger partial charge in [0.1, 0.15) is 10.6 Å². The highest BCUT2D eigenvalue weighted by molar-refractivity contribution is 7.16. The van der Waals surface area contributed by atoms with Gasteiger partial charge in [0, 0.05) is 11.3 Å². The number of esters is 1. The molecule has 2 N–H and O–H groups in total. The second-order valence-corrected chi connectivity index (χ2v) is 7.06. The van der Waals surface area contributed by atoms with Crippen LogP contribution in [0, 0.1) is 0 Å². The molecule has 0 spiro atoms. The van der Waals surface area contributed by atoms with Crippen molar-refractivity contribution in [1.29, 1.82) is 0 Å². The summed E-state index contributed by atoms with van der Waals surface area (Å²) < 4.78 is 11.2. The molecule has 0 aliphatic carbocycles. The lowest BCUT2D eigenvalue weighted by molar-refractivity contribution is -0.00384. The van der Waals surface area contributed by atoms with E-state index in [1.54, 1.807) is 0 Å². The molecule has 0 saturated carbocycles. The molecule has 0 radical (unpaired) electrons. The third-order valence-corrected chi connectivity index (χ3v) is 4.19. The molecule has 0 aromatic carbocycles. The van der Waals surface area contributed by atoms with Crippen LogP contribution in [0.5, 0.6) is 0 Å². The molecular formula is C14H21NO3S. The molecule has 1 aliphatic rings. The topological polar surface area (TPSA) is 61.6 Å². The summed E-state index contributed by atoms with van der Waals surface area (Å²) >= 11 is 1.43. The van der Waals surface area contributed by atoms with E-state index >= 15 is 0 Å². The van der Waals surface area contributed by atoms with Crippen molar-refractivity contribution in [3.8, 4) is 0 Å². The van der Waals surface area contributed by atoms with Crippen LogP contribution in [0.2, 0.25) is 0 Å². The molecule has 1 aromatic heterocycles. The first kappa shape index (κ1) is 14.3. The number of nitrogen functional groups attached to an aromatic ring is 1. The Kier molecular flexibility index (Phi) is 3.62. The minimum Gasteiger partial charge on any atom is -0.456 e. The zero-order valence-corrected chi connectivity index (χ0v) is 12.9. The fourth-order valence-corrected chi connectivity index (χ4v) is 3.41. The molecule has 1 aromatic rings. The minimum absolute atomic E-state index is 0.0118. The van der Waals surface area contributed by atoms with E-state index in [4.69, 9.17) is 15.2 Å². The summed E-state index contributed by atoms with van der Waals surface area (Å²) in [7, 11) is 0. The van der Waals surface area contributed by atoms with Gasteiger partial charge in [-0.05, 0) is 40.2 Å². The SMILES string of the molecule is C[C@H]1Cc2c(sc(N)c2C(=O)OC(C)(C)C)[C@@H](C)O1. The number of hydrogen-bond donors (Lipinski definition) is 1. The Morgan fingerprint density at radius 2 is 2.05 bits per heavy atom. The van der Waals surface area contributed by atoms with E-state index in [0.717, 1.165) is 10.4 Å². The Labute approximate surface area is 117 Å². The van der Waals surface area contributed by atoms with Crippen LogP contribution >= 0.6 is 11.3 Å². The maximum Gasteiger partial charge on any atom is 0.341 e. The lowest BCUT2D eigenvalue weighted by Gasteiger charge is -2.26. The molecule has 0 bridgehead atoms. The lowest BCUT2D eigenvalue weighted by atomic mass is 9.99. The summed E-state index contributed by atoms with van der Waals surface area (Å²) in [5, 5.41) is 0.531. The fourth-order valence-electron chi connectivity index (χ4n) is 2.33. The molecule has 0 amide bonds. The Balaban J connectivity index is 2.39. The predicted octanol–water partition coefficient (Wildman–Crippen LogP) is 3.31. The van der Waals surface area contributed by atoms with Crippen LogP contribution in [0.15, 0.2) is 0 Å². The molecule has 5 heteroatoms. The van der Waals surface area contributed by atoms with E-state index in [1.165, 1.54) is 11.3 Å².